The first-order chi connectivity index (χ1) is 11.1. The van der Waals surface area contributed by atoms with E-state index in [2.05, 4.69) is 9.72 Å². The standard InChI is InChI=1S/C16H12N4O3/c1-19-13-7-11(15(21)23-2)9-18-14(13)20(16(19)22)12-5-3-10(8-17)4-6-12/h3-7,9H,1-2H3. The van der Waals surface area contributed by atoms with Crippen LogP contribution in [0.3, 0.4) is 0 Å². The molecule has 0 saturated carbocycles. The van der Waals surface area contributed by atoms with E-state index in [0.717, 1.165) is 0 Å². The van der Waals surface area contributed by atoms with Gasteiger partial charge in [-0.25, -0.2) is 19.1 Å². The molecular weight excluding hydrogens is 296 g/mol. The zero-order chi connectivity index (χ0) is 16.6. The Bertz CT molecular complexity index is 1010. The van der Waals surface area contributed by atoms with Gasteiger partial charge in [-0.15, -0.1) is 0 Å². The summed E-state index contributed by atoms with van der Waals surface area (Å²) < 4.78 is 7.51. The molecule has 7 heteroatoms. The molecule has 1 aromatic carbocycles. The van der Waals surface area contributed by atoms with Crippen LogP contribution in [0.5, 0.6) is 0 Å². The number of carbonyl (C=O) groups excluding carboxylic acids is 1. The Hall–Kier alpha value is -3.40. The van der Waals surface area contributed by atoms with Gasteiger partial charge in [0.1, 0.15) is 0 Å². The van der Waals surface area contributed by atoms with Crippen LogP contribution in [0.1, 0.15) is 15.9 Å². The van der Waals surface area contributed by atoms with Crippen LogP contribution >= 0.6 is 0 Å². The van der Waals surface area contributed by atoms with Crippen LogP contribution in [0.15, 0.2) is 41.3 Å². The molecule has 0 atom stereocenters. The van der Waals surface area contributed by atoms with Gasteiger partial charge in [-0.05, 0) is 30.3 Å². The number of ether oxygens (including phenoxy) is 1. The maximum Gasteiger partial charge on any atom is 0.339 e. The quantitative estimate of drug-likeness (QED) is 0.667. The van der Waals surface area contributed by atoms with Crippen molar-refractivity contribution in [1.29, 1.82) is 5.26 Å². The van der Waals surface area contributed by atoms with E-state index in [0.29, 0.717) is 22.4 Å². The van der Waals surface area contributed by atoms with E-state index in [1.54, 1.807) is 37.4 Å². The minimum absolute atomic E-state index is 0.271. The van der Waals surface area contributed by atoms with Gasteiger partial charge in [0.05, 0.1) is 35.5 Å². The number of aromatic nitrogens is 3. The van der Waals surface area contributed by atoms with E-state index in [1.807, 2.05) is 6.07 Å². The van der Waals surface area contributed by atoms with Gasteiger partial charge in [-0.2, -0.15) is 5.26 Å². The molecule has 114 valence electrons. The Balaban J connectivity index is 2.25. The number of esters is 1. The summed E-state index contributed by atoms with van der Waals surface area (Å²) in [5, 5.41) is 8.86. The SMILES string of the molecule is COC(=O)c1cnc2c(c1)n(C)c(=O)n2-c1ccc(C#N)cc1. The Morgan fingerprint density at radius 3 is 2.61 bits per heavy atom. The summed E-state index contributed by atoms with van der Waals surface area (Å²) in [6.45, 7) is 0. The third-order valence-electron chi connectivity index (χ3n) is 3.57. The first-order valence-corrected chi connectivity index (χ1v) is 6.73. The Morgan fingerprint density at radius 2 is 2.00 bits per heavy atom. The van der Waals surface area contributed by atoms with E-state index in [9.17, 15) is 9.59 Å². The number of carbonyl (C=O) groups is 1. The van der Waals surface area contributed by atoms with E-state index >= 15 is 0 Å². The summed E-state index contributed by atoms with van der Waals surface area (Å²) in [6, 6.07) is 10.2. The summed E-state index contributed by atoms with van der Waals surface area (Å²) in [5.41, 5.74) is 2.02. The second-order valence-corrected chi connectivity index (χ2v) is 4.89. The number of pyridine rings is 1. The molecule has 3 rings (SSSR count). The van der Waals surface area contributed by atoms with Crippen molar-refractivity contribution >= 4 is 17.1 Å². The number of methoxy groups -OCH3 is 1. The molecule has 7 nitrogen and oxygen atoms in total. The predicted octanol–water partition coefficient (Wildman–Crippen LogP) is 1.38. The molecule has 2 heterocycles. The Kier molecular flexibility index (Phi) is 3.43. The number of imidazole rings is 1. The van der Waals surface area contributed by atoms with Crippen molar-refractivity contribution in [2.24, 2.45) is 7.05 Å². The molecule has 0 N–H and O–H groups in total. The number of nitrogens with zero attached hydrogens (tertiary/aromatic N) is 4. The van der Waals surface area contributed by atoms with Crippen LogP contribution < -0.4 is 5.69 Å². The highest BCUT2D eigenvalue weighted by atomic mass is 16.5. The average Bonchev–Trinajstić information content (AvgIpc) is 2.85. The van der Waals surface area contributed by atoms with Crippen molar-refractivity contribution in [3.8, 4) is 11.8 Å². The molecule has 0 bridgehead atoms. The predicted molar refractivity (Wildman–Crippen MR) is 82.4 cm³/mol. The van der Waals surface area contributed by atoms with E-state index in [-0.39, 0.29) is 11.3 Å². The largest absolute Gasteiger partial charge is 0.465 e. The summed E-state index contributed by atoms with van der Waals surface area (Å²) in [5.74, 6) is -0.516. The molecule has 0 fully saturated rings. The van der Waals surface area contributed by atoms with Crippen molar-refractivity contribution in [3.05, 3.63) is 58.1 Å². The van der Waals surface area contributed by atoms with Crippen LogP contribution in [0.4, 0.5) is 0 Å². The molecule has 0 amide bonds. The van der Waals surface area contributed by atoms with Crippen LogP contribution in [0.2, 0.25) is 0 Å². The lowest BCUT2D eigenvalue weighted by atomic mass is 10.2. The van der Waals surface area contributed by atoms with Crippen LogP contribution in [0, 0.1) is 11.3 Å². The van der Waals surface area contributed by atoms with Crippen molar-refractivity contribution in [3.63, 3.8) is 0 Å². The Morgan fingerprint density at radius 1 is 1.30 bits per heavy atom. The van der Waals surface area contributed by atoms with E-state index in [4.69, 9.17) is 5.26 Å². The summed E-state index contributed by atoms with van der Waals surface area (Å²) >= 11 is 0. The van der Waals surface area contributed by atoms with Gasteiger partial charge in [0, 0.05) is 13.2 Å². The first-order valence-electron chi connectivity index (χ1n) is 6.73. The lowest BCUT2D eigenvalue weighted by Gasteiger charge is -2.03. The van der Waals surface area contributed by atoms with Crippen molar-refractivity contribution in [2.75, 3.05) is 7.11 Å². The van der Waals surface area contributed by atoms with Gasteiger partial charge in [-0.3, -0.25) is 4.57 Å². The smallest absolute Gasteiger partial charge is 0.339 e. The normalized spacial score (nSPS) is 10.5. The molecule has 0 aliphatic rings. The zero-order valence-corrected chi connectivity index (χ0v) is 12.5. The fourth-order valence-corrected chi connectivity index (χ4v) is 2.36. The molecule has 0 unspecified atom stereocenters. The maximum absolute atomic E-state index is 12.5. The molecule has 0 saturated heterocycles. The van der Waals surface area contributed by atoms with Gasteiger partial charge < -0.3 is 4.74 Å². The first kappa shape index (κ1) is 14.5. The second kappa shape index (κ2) is 5.42. The lowest BCUT2D eigenvalue weighted by Crippen LogP contribution is -2.20. The summed E-state index contributed by atoms with van der Waals surface area (Å²) in [4.78, 5) is 28.3. The third kappa shape index (κ3) is 2.26. The minimum atomic E-state index is -0.516. The highest BCUT2D eigenvalue weighted by molar-refractivity contribution is 5.92. The Labute approximate surface area is 131 Å². The monoisotopic (exact) mass is 308 g/mol. The molecule has 0 aliphatic heterocycles. The fraction of sp³-hybridized carbons (Fsp3) is 0.125. The van der Waals surface area contributed by atoms with Crippen molar-refractivity contribution in [1.82, 2.24) is 14.1 Å². The van der Waals surface area contributed by atoms with Crippen molar-refractivity contribution in [2.45, 2.75) is 0 Å². The molecule has 3 aromatic rings. The minimum Gasteiger partial charge on any atom is -0.465 e. The van der Waals surface area contributed by atoms with Gasteiger partial charge in [-0.1, -0.05) is 0 Å². The van der Waals surface area contributed by atoms with Gasteiger partial charge >= 0.3 is 11.7 Å². The van der Waals surface area contributed by atoms with Gasteiger partial charge in [0.25, 0.3) is 0 Å². The van der Waals surface area contributed by atoms with Crippen LogP contribution in [-0.2, 0) is 11.8 Å². The molecule has 23 heavy (non-hydrogen) atoms. The second-order valence-electron chi connectivity index (χ2n) is 4.89. The summed E-state index contributed by atoms with van der Waals surface area (Å²) in [6.07, 6.45) is 1.37. The van der Waals surface area contributed by atoms with Gasteiger partial charge in [0.15, 0.2) is 5.65 Å². The van der Waals surface area contributed by atoms with Gasteiger partial charge in [0.2, 0.25) is 0 Å². The number of nitriles is 1. The fourth-order valence-electron chi connectivity index (χ4n) is 2.36. The van der Waals surface area contributed by atoms with E-state index in [1.165, 1.54) is 22.4 Å². The zero-order valence-electron chi connectivity index (χ0n) is 12.5. The number of hydrogen-bond donors (Lipinski definition) is 0. The summed E-state index contributed by atoms with van der Waals surface area (Å²) in [7, 11) is 2.89. The number of aryl methyl sites for hydroxylation is 1. The van der Waals surface area contributed by atoms with Crippen molar-refractivity contribution < 1.29 is 9.53 Å². The molecule has 0 spiro atoms. The third-order valence-corrected chi connectivity index (χ3v) is 3.57. The lowest BCUT2D eigenvalue weighted by molar-refractivity contribution is 0.0600. The van der Waals surface area contributed by atoms with Crippen LogP contribution in [0.25, 0.3) is 16.9 Å². The molecule has 0 aliphatic carbocycles. The average molecular weight is 308 g/mol. The van der Waals surface area contributed by atoms with E-state index < -0.39 is 5.97 Å². The maximum atomic E-state index is 12.5. The number of rotatable bonds is 2. The highest BCUT2D eigenvalue weighted by Gasteiger charge is 2.16. The van der Waals surface area contributed by atoms with Crippen LogP contribution in [-0.4, -0.2) is 27.2 Å². The topological polar surface area (TPSA) is 89.9 Å². The molecule has 2 aromatic heterocycles. The number of benzene rings is 1. The molecule has 0 radical (unpaired) electrons. The number of hydrogen-bond acceptors (Lipinski definition) is 5. The molecular formula is C16H12N4O3. The highest BCUT2D eigenvalue weighted by Crippen LogP contribution is 2.17. The number of fused-ring (bicyclic) bond motifs is 1.